The van der Waals surface area contributed by atoms with Crippen molar-refractivity contribution in [1.82, 2.24) is 5.32 Å². The molecule has 27 heavy (non-hydrogen) atoms. The zero-order chi connectivity index (χ0) is 19.8. The molecule has 0 saturated carbocycles. The van der Waals surface area contributed by atoms with Crippen molar-refractivity contribution in [3.05, 3.63) is 64.7 Å². The quantitative estimate of drug-likeness (QED) is 0.672. The molecule has 2 aromatic rings. The number of amides is 2. The van der Waals surface area contributed by atoms with E-state index >= 15 is 0 Å². The zero-order valence-corrected chi connectivity index (χ0v) is 15.4. The molecular weight excluding hydrogens is 372 g/mol. The third kappa shape index (κ3) is 6.63. The van der Waals surface area contributed by atoms with Gasteiger partial charge in [-0.2, -0.15) is 0 Å². The number of hydrogen-bond acceptors (Lipinski definition) is 5. The summed E-state index contributed by atoms with van der Waals surface area (Å²) < 4.78 is 10.1. The van der Waals surface area contributed by atoms with Gasteiger partial charge in [-0.15, -0.1) is 0 Å². The van der Waals surface area contributed by atoms with E-state index in [0.717, 1.165) is 5.56 Å². The molecule has 0 aliphatic carbocycles. The molecule has 8 heteroatoms. The summed E-state index contributed by atoms with van der Waals surface area (Å²) in [5, 5.41) is 3.34. The molecule has 7 nitrogen and oxygen atoms in total. The van der Waals surface area contributed by atoms with E-state index in [2.05, 4.69) is 5.32 Å². The van der Waals surface area contributed by atoms with E-state index in [0.29, 0.717) is 10.8 Å². The van der Waals surface area contributed by atoms with Gasteiger partial charge in [-0.05, 0) is 48.9 Å². The van der Waals surface area contributed by atoms with Gasteiger partial charge in [0.1, 0.15) is 5.75 Å². The summed E-state index contributed by atoms with van der Waals surface area (Å²) in [6.07, 6.45) is 0. The van der Waals surface area contributed by atoms with Gasteiger partial charge in [0, 0.05) is 5.02 Å². The third-order valence-electron chi connectivity index (χ3n) is 3.55. The summed E-state index contributed by atoms with van der Waals surface area (Å²) in [6, 6.07) is 12.8. The molecule has 0 fully saturated rings. The highest BCUT2D eigenvalue weighted by atomic mass is 35.5. The van der Waals surface area contributed by atoms with Gasteiger partial charge in [0.15, 0.2) is 13.2 Å². The summed E-state index contributed by atoms with van der Waals surface area (Å²) in [5.74, 6) is -1.28. The van der Waals surface area contributed by atoms with Crippen LogP contribution in [0, 0.1) is 0 Å². The molecule has 0 aromatic heterocycles. The molecule has 2 rings (SSSR count). The Morgan fingerprint density at radius 2 is 1.67 bits per heavy atom. The smallest absolute Gasteiger partial charge is 0.338 e. The zero-order valence-electron chi connectivity index (χ0n) is 14.6. The van der Waals surface area contributed by atoms with Crippen LogP contribution in [0.4, 0.5) is 0 Å². The number of ether oxygens (including phenoxy) is 2. The second kappa shape index (κ2) is 9.59. The molecule has 0 aliphatic rings. The minimum Gasteiger partial charge on any atom is -0.484 e. The minimum absolute atomic E-state index is 0.250. The highest BCUT2D eigenvalue weighted by molar-refractivity contribution is 6.30. The van der Waals surface area contributed by atoms with Gasteiger partial charge in [0.2, 0.25) is 0 Å². The van der Waals surface area contributed by atoms with Crippen LogP contribution in [-0.4, -0.2) is 31.0 Å². The van der Waals surface area contributed by atoms with Gasteiger partial charge in [0.25, 0.3) is 11.8 Å². The van der Waals surface area contributed by atoms with Crippen molar-refractivity contribution >= 4 is 29.4 Å². The van der Waals surface area contributed by atoms with Crippen molar-refractivity contribution in [3.63, 3.8) is 0 Å². The van der Waals surface area contributed by atoms with Crippen molar-refractivity contribution in [2.45, 2.75) is 13.0 Å². The number of halogens is 1. The van der Waals surface area contributed by atoms with Crippen LogP contribution in [0.1, 0.15) is 28.9 Å². The Hall–Kier alpha value is -3.06. The molecule has 2 aromatic carbocycles. The minimum atomic E-state index is -0.647. The van der Waals surface area contributed by atoms with E-state index in [1.807, 2.05) is 6.92 Å². The van der Waals surface area contributed by atoms with Crippen LogP contribution in [-0.2, 0) is 14.3 Å². The van der Waals surface area contributed by atoms with Crippen molar-refractivity contribution in [2.24, 2.45) is 5.73 Å². The number of nitrogens with one attached hydrogen (secondary N) is 1. The molecule has 1 atom stereocenters. The molecule has 0 saturated heterocycles. The van der Waals surface area contributed by atoms with Crippen LogP contribution in [0.5, 0.6) is 5.75 Å². The molecular formula is C19H19ClN2O5. The Balaban J connectivity index is 1.81. The van der Waals surface area contributed by atoms with Crippen LogP contribution < -0.4 is 15.8 Å². The Morgan fingerprint density at radius 3 is 2.26 bits per heavy atom. The maximum absolute atomic E-state index is 12.0. The lowest BCUT2D eigenvalue weighted by Crippen LogP contribution is -2.31. The van der Waals surface area contributed by atoms with Crippen molar-refractivity contribution < 1.29 is 23.9 Å². The molecule has 0 unspecified atom stereocenters. The lowest BCUT2D eigenvalue weighted by atomic mass is 10.1. The number of carbonyl (C=O) groups excluding carboxylic acids is 3. The summed E-state index contributed by atoms with van der Waals surface area (Å²) in [6.45, 7) is 1.15. The van der Waals surface area contributed by atoms with Crippen LogP contribution >= 0.6 is 11.6 Å². The molecule has 0 radical (unpaired) electrons. The number of hydrogen-bond donors (Lipinski definition) is 2. The number of primary amides is 1. The van der Waals surface area contributed by atoms with Crippen LogP contribution in [0.15, 0.2) is 48.5 Å². The van der Waals surface area contributed by atoms with E-state index in [9.17, 15) is 14.4 Å². The van der Waals surface area contributed by atoms with Crippen molar-refractivity contribution in [3.8, 4) is 5.75 Å². The number of carbonyl (C=O) groups is 3. The highest BCUT2D eigenvalue weighted by Crippen LogP contribution is 2.16. The normalized spacial score (nSPS) is 11.3. The van der Waals surface area contributed by atoms with Gasteiger partial charge >= 0.3 is 5.97 Å². The monoisotopic (exact) mass is 390 g/mol. The Bertz CT molecular complexity index is 806. The van der Waals surface area contributed by atoms with Gasteiger partial charge in [-0.3, -0.25) is 9.59 Å². The Morgan fingerprint density at radius 1 is 1.04 bits per heavy atom. The molecule has 0 aliphatic heterocycles. The standard InChI is InChI=1S/C19H19ClN2O5/c1-12(13-2-6-15(20)7-3-13)22-18(24)11-27-19(25)14-4-8-16(9-5-14)26-10-17(21)23/h2-9,12H,10-11H2,1H3,(H2,21,23)(H,22,24)/t12-/m0/s1. The molecule has 0 heterocycles. The number of nitrogens with two attached hydrogens (primary N) is 1. The SMILES string of the molecule is C[C@H](NC(=O)COC(=O)c1ccc(OCC(N)=O)cc1)c1ccc(Cl)cc1. The average Bonchev–Trinajstić information content (AvgIpc) is 2.65. The first-order chi connectivity index (χ1) is 12.8. The summed E-state index contributed by atoms with van der Waals surface area (Å²) in [5.41, 5.74) is 6.11. The predicted octanol–water partition coefficient (Wildman–Crippen LogP) is 2.24. The predicted molar refractivity (Wildman–Crippen MR) is 99.4 cm³/mol. The lowest BCUT2D eigenvalue weighted by molar-refractivity contribution is -0.125. The van der Waals surface area contributed by atoms with Crippen LogP contribution in [0.25, 0.3) is 0 Å². The molecule has 142 valence electrons. The van der Waals surface area contributed by atoms with Gasteiger partial charge in [-0.25, -0.2) is 4.79 Å². The topological polar surface area (TPSA) is 108 Å². The van der Waals surface area contributed by atoms with Crippen LogP contribution in [0.2, 0.25) is 5.02 Å². The van der Waals surface area contributed by atoms with Gasteiger partial charge in [-0.1, -0.05) is 23.7 Å². The first kappa shape index (κ1) is 20.3. The van der Waals surface area contributed by atoms with Crippen molar-refractivity contribution in [2.75, 3.05) is 13.2 Å². The summed E-state index contributed by atoms with van der Waals surface area (Å²) >= 11 is 5.83. The van der Waals surface area contributed by atoms with E-state index in [1.165, 1.54) is 24.3 Å². The first-order valence-electron chi connectivity index (χ1n) is 8.08. The second-order valence-corrected chi connectivity index (χ2v) is 6.13. The maximum atomic E-state index is 12.0. The number of benzene rings is 2. The van der Waals surface area contributed by atoms with Crippen LogP contribution in [0.3, 0.4) is 0 Å². The largest absolute Gasteiger partial charge is 0.484 e. The van der Waals surface area contributed by atoms with Gasteiger partial charge in [0.05, 0.1) is 11.6 Å². The van der Waals surface area contributed by atoms with Crippen molar-refractivity contribution in [1.29, 1.82) is 0 Å². The number of esters is 1. The fraction of sp³-hybridized carbons (Fsp3) is 0.211. The lowest BCUT2D eigenvalue weighted by Gasteiger charge is -2.14. The van der Waals surface area contributed by atoms with Gasteiger partial charge < -0.3 is 20.5 Å². The number of rotatable bonds is 8. The third-order valence-corrected chi connectivity index (χ3v) is 3.80. The fourth-order valence-corrected chi connectivity index (χ4v) is 2.30. The fourth-order valence-electron chi connectivity index (χ4n) is 2.17. The first-order valence-corrected chi connectivity index (χ1v) is 8.46. The maximum Gasteiger partial charge on any atom is 0.338 e. The molecule has 3 N–H and O–H groups in total. The second-order valence-electron chi connectivity index (χ2n) is 5.70. The van der Waals surface area contributed by atoms with E-state index in [-0.39, 0.29) is 18.2 Å². The van der Waals surface area contributed by atoms with E-state index in [1.54, 1.807) is 24.3 Å². The molecule has 0 bridgehead atoms. The average molecular weight is 391 g/mol. The molecule has 0 spiro atoms. The van der Waals surface area contributed by atoms with E-state index < -0.39 is 24.4 Å². The highest BCUT2D eigenvalue weighted by Gasteiger charge is 2.13. The molecule has 2 amide bonds. The Kier molecular flexibility index (Phi) is 7.19. The summed E-state index contributed by atoms with van der Waals surface area (Å²) in [4.78, 5) is 34.6. The summed E-state index contributed by atoms with van der Waals surface area (Å²) in [7, 11) is 0. The Labute approximate surface area is 161 Å². The van der Waals surface area contributed by atoms with E-state index in [4.69, 9.17) is 26.8 Å².